The minimum atomic E-state index is 0.881. The molecule has 208 valence electrons. The second-order valence-electron chi connectivity index (χ2n) is 11.1. The summed E-state index contributed by atoms with van der Waals surface area (Å²) in [6.07, 6.45) is 0. The minimum absolute atomic E-state index is 0.881. The molecule has 8 rings (SSSR count). The zero-order chi connectivity index (χ0) is 29.3. The third kappa shape index (κ3) is 4.83. The average Bonchev–Trinajstić information content (AvgIpc) is 3.47. The van der Waals surface area contributed by atoms with Crippen LogP contribution < -0.4 is 5.32 Å². The van der Waals surface area contributed by atoms with E-state index in [2.05, 4.69) is 157 Å². The molecule has 0 aliphatic carbocycles. The van der Waals surface area contributed by atoms with Gasteiger partial charge in [-0.2, -0.15) is 0 Å². The lowest BCUT2D eigenvalue weighted by atomic mass is 9.84. The Morgan fingerprint density at radius 2 is 0.864 bits per heavy atom. The number of hydrogen-bond acceptors (Lipinski definition) is 2. The summed E-state index contributed by atoms with van der Waals surface area (Å²) in [5.74, 6) is 0. The maximum absolute atomic E-state index is 6.12. The van der Waals surface area contributed by atoms with Crippen LogP contribution in [0.25, 0.3) is 66.4 Å². The first kappa shape index (κ1) is 25.8. The largest absolute Gasteiger partial charge is 0.456 e. The number of fused-ring (bicyclic) bond motifs is 3. The number of nitrogens with one attached hydrogen (secondary N) is 1. The van der Waals surface area contributed by atoms with E-state index < -0.39 is 0 Å². The summed E-state index contributed by atoms with van der Waals surface area (Å²) in [6, 6.07) is 60.0. The molecule has 0 radical (unpaired) electrons. The van der Waals surface area contributed by atoms with E-state index in [-0.39, 0.29) is 0 Å². The van der Waals surface area contributed by atoms with Crippen LogP contribution in [0.1, 0.15) is 0 Å². The first-order valence-corrected chi connectivity index (χ1v) is 14.9. The highest BCUT2D eigenvalue weighted by molar-refractivity contribution is 6.05. The Morgan fingerprint density at radius 3 is 1.50 bits per heavy atom. The van der Waals surface area contributed by atoms with E-state index in [4.69, 9.17) is 4.42 Å². The van der Waals surface area contributed by atoms with Crippen molar-refractivity contribution in [2.75, 3.05) is 5.32 Å². The molecule has 0 aliphatic heterocycles. The van der Waals surface area contributed by atoms with Crippen LogP contribution in [0.15, 0.2) is 174 Å². The van der Waals surface area contributed by atoms with E-state index in [9.17, 15) is 0 Å². The maximum Gasteiger partial charge on any atom is 0.137 e. The molecular weight excluding hydrogens is 534 g/mol. The summed E-state index contributed by atoms with van der Waals surface area (Å²) in [5, 5.41) is 5.85. The highest BCUT2D eigenvalue weighted by Crippen LogP contribution is 2.43. The van der Waals surface area contributed by atoms with Gasteiger partial charge >= 0.3 is 0 Å². The summed E-state index contributed by atoms with van der Waals surface area (Å²) < 4.78 is 6.12. The van der Waals surface area contributed by atoms with Crippen molar-refractivity contribution in [3.8, 4) is 44.5 Å². The van der Waals surface area contributed by atoms with Crippen molar-refractivity contribution >= 4 is 33.3 Å². The predicted molar refractivity (Wildman–Crippen MR) is 185 cm³/mol. The van der Waals surface area contributed by atoms with Gasteiger partial charge in [-0.15, -0.1) is 0 Å². The fourth-order valence-electron chi connectivity index (χ4n) is 6.13. The lowest BCUT2D eigenvalue weighted by Gasteiger charge is -2.19. The Kier molecular flexibility index (Phi) is 6.51. The van der Waals surface area contributed by atoms with Crippen molar-refractivity contribution < 1.29 is 4.42 Å². The summed E-state index contributed by atoms with van der Waals surface area (Å²) in [4.78, 5) is 0. The second kappa shape index (κ2) is 11.1. The topological polar surface area (TPSA) is 25.2 Å². The van der Waals surface area contributed by atoms with Gasteiger partial charge in [0, 0.05) is 28.2 Å². The predicted octanol–water partition coefficient (Wildman–Crippen LogP) is 12.0. The molecule has 0 spiro atoms. The van der Waals surface area contributed by atoms with Gasteiger partial charge in [-0.25, -0.2) is 0 Å². The molecule has 8 aromatic rings. The molecule has 44 heavy (non-hydrogen) atoms. The Bertz CT molecular complexity index is 2150. The third-order valence-electron chi connectivity index (χ3n) is 8.26. The van der Waals surface area contributed by atoms with Crippen LogP contribution >= 0.6 is 0 Å². The molecule has 7 aromatic carbocycles. The standard InChI is InChI=1S/C42H29NO/c1-4-12-29(13-5-1)33-26-38(30-14-6-2-7-15-30)42(39(27-33)31-16-8-3-9-17-31)32-20-22-34(23-21-32)43-35-24-25-37-36-18-10-11-19-40(36)44-41(37)28-35/h1-28,43H. The quantitative estimate of drug-likeness (QED) is 0.218. The molecule has 1 heterocycles. The van der Waals surface area contributed by atoms with Gasteiger partial charge in [-0.3, -0.25) is 0 Å². The highest BCUT2D eigenvalue weighted by atomic mass is 16.3. The van der Waals surface area contributed by atoms with Crippen LogP contribution in [0, 0.1) is 0 Å². The van der Waals surface area contributed by atoms with Crippen LogP contribution in [0.3, 0.4) is 0 Å². The van der Waals surface area contributed by atoms with E-state index in [1.54, 1.807) is 0 Å². The fraction of sp³-hybridized carbons (Fsp3) is 0. The Balaban J connectivity index is 1.23. The smallest absolute Gasteiger partial charge is 0.137 e. The maximum atomic E-state index is 6.12. The van der Waals surface area contributed by atoms with E-state index in [0.29, 0.717) is 0 Å². The molecule has 0 atom stereocenters. The molecule has 0 amide bonds. The van der Waals surface area contributed by atoms with Gasteiger partial charge in [0.15, 0.2) is 0 Å². The van der Waals surface area contributed by atoms with Crippen LogP contribution in [0.5, 0.6) is 0 Å². The fourth-order valence-corrected chi connectivity index (χ4v) is 6.13. The summed E-state index contributed by atoms with van der Waals surface area (Å²) in [7, 11) is 0. The van der Waals surface area contributed by atoms with Gasteiger partial charge in [0.25, 0.3) is 0 Å². The number of benzene rings is 7. The van der Waals surface area contributed by atoms with Gasteiger partial charge in [-0.05, 0) is 87.0 Å². The second-order valence-corrected chi connectivity index (χ2v) is 11.1. The lowest BCUT2D eigenvalue weighted by molar-refractivity contribution is 0.669. The Morgan fingerprint density at radius 1 is 0.341 bits per heavy atom. The van der Waals surface area contributed by atoms with Crippen molar-refractivity contribution in [2.45, 2.75) is 0 Å². The number of para-hydroxylation sites is 1. The summed E-state index contributed by atoms with van der Waals surface area (Å²) in [5.41, 5.74) is 13.4. The zero-order valence-electron chi connectivity index (χ0n) is 24.1. The van der Waals surface area contributed by atoms with Gasteiger partial charge in [0.2, 0.25) is 0 Å². The highest BCUT2D eigenvalue weighted by Gasteiger charge is 2.17. The number of hydrogen-bond donors (Lipinski definition) is 1. The molecule has 1 N–H and O–H groups in total. The van der Waals surface area contributed by atoms with E-state index in [1.807, 2.05) is 18.2 Å². The van der Waals surface area contributed by atoms with Gasteiger partial charge < -0.3 is 9.73 Å². The van der Waals surface area contributed by atoms with E-state index in [0.717, 1.165) is 33.3 Å². The van der Waals surface area contributed by atoms with E-state index in [1.165, 1.54) is 44.5 Å². The minimum Gasteiger partial charge on any atom is -0.456 e. The van der Waals surface area contributed by atoms with Gasteiger partial charge in [-0.1, -0.05) is 121 Å². The summed E-state index contributed by atoms with van der Waals surface area (Å²) >= 11 is 0. The normalized spacial score (nSPS) is 11.2. The first-order chi connectivity index (χ1) is 21.8. The summed E-state index contributed by atoms with van der Waals surface area (Å²) in [6.45, 7) is 0. The Hall–Kier alpha value is -5.86. The van der Waals surface area contributed by atoms with Gasteiger partial charge in [0.1, 0.15) is 11.2 Å². The number of rotatable bonds is 6. The van der Waals surface area contributed by atoms with Gasteiger partial charge in [0.05, 0.1) is 0 Å². The third-order valence-corrected chi connectivity index (χ3v) is 8.26. The van der Waals surface area contributed by atoms with Crippen molar-refractivity contribution in [2.24, 2.45) is 0 Å². The molecule has 1 aromatic heterocycles. The lowest BCUT2D eigenvalue weighted by Crippen LogP contribution is -1.94. The molecule has 0 unspecified atom stereocenters. The SMILES string of the molecule is c1ccc(-c2cc(-c3ccccc3)c(-c3ccc(Nc4ccc5c(c4)oc4ccccc45)cc3)c(-c3ccccc3)c2)cc1. The molecule has 0 fully saturated rings. The molecule has 0 aliphatic rings. The monoisotopic (exact) mass is 563 g/mol. The van der Waals surface area contributed by atoms with E-state index >= 15 is 0 Å². The molecule has 0 bridgehead atoms. The number of furan rings is 1. The van der Waals surface area contributed by atoms with Crippen LogP contribution in [-0.4, -0.2) is 0 Å². The number of anilines is 2. The first-order valence-electron chi connectivity index (χ1n) is 14.9. The zero-order valence-corrected chi connectivity index (χ0v) is 24.1. The van der Waals surface area contributed by atoms with Crippen molar-refractivity contribution in [1.29, 1.82) is 0 Å². The van der Waals surface area contributed by atoms with Crippen LogP contribution in [0.2, 0.25) is 0 Å². The molecular formula is C42H29NO. The van der Waals surface area contributed by atoms with Crippen molar-refractivity contribution in [1.82, 2.24) is 0 Å². The molecule has 0 saturated heterocycles. The van der Waals surface area contributed by atoms with Crippen molar-refractivity contribution in [3.63, 3.8) is 0 Å². The molecule has 0 saturated carbocycles. The van der Waals surface area contributed by atoms with Crippen LogP contribution in [0.4, 0.5) is 11.4 Å². The Labute approximate surface area is 256 Å². The van der Waals surface area contributed by atoms with Crippen LogP contribution in [-0.2, 0) is 0 Å². The average molecular weight is 564 g/mol. The van der Waals surface area contributed by atoms with Crippen molar-refractivity contribution in [3.05, 3.63) is 170 Å². The molecule has 2 nitrogen and oxygen atoms in total. The molecule has 2 heteroatoms.